The van der Waals surface area contributed by atoms with E-state index in [9.17, 15) is 9.50 Å². The Morgan fingerprint density at radius 3 is 1.13 bits per heavy atom. The fourth-order valence-electron chi connectivity index (χ4n) is 16.7. The lowest BCUT2D eigenvalue weighted by Crippen LogP contribution is -2.44. The molecule has 622 valence electrons. The van der Waals surface area contributed by atoms with Gasteiger partial charge < -0.3 is 58.7 Å². The molecule has 0 amide bonds. The van der Waals surface area contributed by atoms with Crippen LogP contribution in [0.25, 0.3) is 32.7 Å². The number of halogens is 4. The van der Waals surface area contributed by atoms with Gasteiger partial charge in [-0.25, -0.2) is 43.1 Å². The van der Waals surface area contributed by atoms with Crippen molar-refractivity contribution in [1.29, 1.82) is 0 Å². The van der Waals surface area contributed by atoms with E-state index in [1.807, 2.05) is 66.7 Å². The van der Waals surface area contributed by atoms with Crippen molar-refractivity contribution in [3.8, 4) is 17.2 Å². The molecule has 115 heavy (non-hydrogen) atoms. The van der Waals surface area contributed by atoms with Gasteiger partial charge in [0.15, 0.2) is 42.8 Å². The third kappa shape index (κ3) is 20.4. The molecular formula is C89H120BrF3N12O6S3Si. The molecule has 3 N–H and O–H groups in total. The van der Waals surface area contributed by atoms with Crippen LogP contribution in [0.1, 0.15) is 176 Å². The zero-order chi connectivity index (χ0) is 78.7. The summed E-state index contributed by atoms with van der Waals surface area (Å²) in [5.74, 6) is 8.54. The highest BCUT2D eigenvalue weighted by Crippen LogP contribution is 2.53. The molecule has 6 saturated heterocycles. The molecule has 9 fully saturated rings. The summed E-state index contributed by atoms with van der Waals surface area (Å²) in [5.41, 5.74) is 4.48. The number of ether oxygens (including phenoxy) is 3. The van der Waals surface area contributed by atoms with Gasteiger partial charge in [-0.3, -0.25) is 0 Å². The van der Waals surface area contributed by atoms with Crippen LogP contribution in [0, 0.1) is 5.92 Å². The van der Waals surface area contributed by atoms with Crippen molar-refractivity contribution in [2.24, 2.45) is 5.92 Å². The van der Waals surface area contributed by atoms with Crippen LogP contribution < -0.4 is 44.0 Å². The first-order chi connectivity index (χ1) is 54.0. The number of alkyl halides is 3. The Balaban J connectivity index is 0.000000154. The molecule has 0 radical (unpaired) electrons. The van der Waals surface area contributed by atoms with Crippen LogP contribution in [0.3, 0.4) is 0 Å². The summed E-state index contributed by atoms with van der Waals surface area (Å²) in [7, 11) is 4.69. The molecular weight excluding hydrogens is 1590 g/mol. The molecule has 3 aromatic heterocycles. The lowest BCUT2D eigenvalue weighted by Gasteiger charge is -2.38. The van der Waals surface area contributed by atoms with Gasteiger partial charge >= 0.3 is 0 Å². The summed E-state index contributed by atoms with van der Waals surface area (Å²) in [6, 6.07) is 43.4. The fraction of sp³-hybridized carbons (Fsp3) is 0.528. The van der Waals surface area contributed by atoms with Gasteiger partial charge in [-0.1, -0.05) is 98.2 Å². The minimum atomic E-state index is -1.51. The molecule has 18 nitrogen and oxygen atoms in total. The molecule has 0 bridgehead atoms. The average Bonchev–Trinajstić information content (AvgIpc) is 1.62. The van der Waals surface area contributed by atoms with E-state index in [0.29, 0.717) is 97.4 Å². The first-order valence-corrected chi connectivity index (χ1v) is 44.5. The topological polar surface area (TPSA) is 183 Å². The van der Waals surface area contributed by atoms with E-state index >= 15 is 8.78 Å². The average molecular weight is 1720 g/mol. The number of benzene rings is 6. The molecule has 3 aliphatic carbocycles. The second-order valence-corrected chi connectivity index (χ2v) is 39.5. The van der Waals surface area contributed by atoms with Crippen molar-refractivity contribution in [3.05, 3.63) is 166 Å². The number of nitrogens with zero attached hydrogens (tertiary/aromatic N) is 11. The number of aromatic nitrogens is 6. The Bertz CT molecular complexity index is 4560. The largest absolute Gasteiger partial charge is 0.496 e. The molecule has 0 unspecified atom stereocenters. The number of anilines is 5. The van der Waals surface area contributed by atoms with E-state index < -0.39 is 25.3 Å². The molecule has 18 rings (SSSR count). The molecule has 0 spiro atoms. The van der Waals surface area contributed by atoms with Crippen LogP contribution in [0.4, 0.5) is 42.0 Å². The van der Waals surface area contributed by atoms with E-state index in [1.165, 1.54) is 35.2 Å². The molecule has 9 aliphatic rings. The van der Waals surface area contributed by atoms with Gasteiger partial charge in [-0.05, 0) is 234 Å². The summed E-state index contributed by atoms with van der Waals surface area (Å²) in [6.07, 6.45) is 12.5. The lowest BCUT2D eigenvalue weighted by atomic mass is 9.88. The van der Waals surface area contributed by atoms with Gasteiger partial charge in [0.1, 0.15) is 34.7 Å². The van der Waals surface area contributed by atoms with Crippen LogP contribution >= 0.6 is 56.4 Å². The minimum absolute atomic E-state index is 0. The first-order valence-electron chi connectivity index (χ1n) is 40.8. The van der Waals surface area contributed by atoms with Crippen molar-refractivity contribution in [2.45, 2.75) is 189 Å². The number of fused-ring (bicyclic) bond motifs is 3. The predicted octanol–water partition coefficient (Wildman–Crippen LogP) is 18.4. The zero-order valence-corrected chi connectivity index (χ0v) is 74.2. The van der Waals surface area contributed by atoms with Gasteiger partial charge in [-0.15, -0.1) is 0 Å². The van der Waals surface area contributed by atoms with E-state index in [4.69, 9.17) is 38.7 Å². The van der Waals surface area contributed by atoms with E-state index in [-0.39, 0.29) is 46.6 Å². The Labute approximate surface area is 708 Å². The highest BCUT2D eigenvalue weighted by Gasteiger charge is 2.51. The van der Waals surface area contributed by atoms with Crippen molar-refractivity contribution in [3.63, 3.8) is 0 Å². The maximum atomic E-state index is 15.1. The number of rotatable bonds is 16. The van der Waals surface area contributed by atoms with Crippen LogP contribution in [-0.4, -0.2) is 168 Å². The standard InChI is InChI=1S/C28H33FN4O.C27H31FN4O2.C23H23BrFN3O.C10H23NOSi.CH4O.3H2S/c1-19-9-14-33(18-19)21-7-8-24-23(17-21)26(31-27(30-24)28(29)12-13-28)32-15-10-20(11-16-32)22-5-3-4-6-25(22)34-2;1-34-24-5-3-2-4-21(24)18-8-13-31(14-9-18)25-22-16-19(32-15-10-20(33)17-32)6-7-23(22)29-26(30-25)27(28)11-12-27;1-29-20-5-3-2-4-17(20)15-8-12-28(13-9-15)21-18-14-16(24)6-7-19(18)26-22(27-21)23(25)10-11-23;1-10(2,3)13(4,5)12-9-6-7-11-8-9;1-2;;;/h3-8,17,19-20H,9-16,18H2,1-2H3;2-7,16,18,20,33H,8-15,17H2,1H3;2-7,14-15H,8-13H2,1H3;9,11H,6-8H2,1-5H3;2H,1H3;3*1H2/t19-;20-;;9-;;;;/m00.0..../s1. The van der Waals surface area contributed by atoms with E-state index in [2.05, 4.69) is 162 Å². The number of piperidine rings is 3. The molecule has 9 heterocycles. The highest BCUT2D eigenvalue weighted by atomic mass is 79.9. The zero-order valence-electron chi connectivity index (χ0n) is 68.6. The number of methoxy groups -OCH3 is 3. The smallest absolute Gasteiger partial charge is 0.192 e. The van der Waals surface area contributed by atoms with Gasteiger partial charge in [0.2, 0.25) is 0 Å². The van der Waals surface area contributed by atoms with Crippen molar-refractivity contribution < 1.29 is 42.0 Å². The maximum absolute atomic E-state index is 15.1. The molecule has 3 saturated carbocycles. The van der Waals surface area contributed by atoms with Crippen molar-refractivity contribution in [1.82, 2.24) is 35.2 Å². The van der Waals surface area contributed by atoms with Crippen LogP contribution in [0.2, 0.25) is 18.1 Å². The number of aliphatic hydroxyl groups is 2. The monoisotopic (exact) mass is 1710 g/mol. The van der Waals surface area contributed by atoms with Crippen LogP contribution in [0.5, 0.6) is 17.2 Å². The summed E-state index contributed by atoms with van der Waals surface area (Å²) < 4.78 is 68.9. The van der Waals surface area contributed by atoms with E-state index in [1.54, 1.807) is 21.3 Å². The Morgan fingerprint density at radius 1 is 0.461 bits per heavy atom. The molecule has 6 aromatic carbocycles. The number of nitrogens with one attached hydrogen (secondary N) is 1. The summed E-state index contributed by atoms with van der Waals surface area (Å²) >= 11 is 3.55. The Morgan fingerprint density at radius 2 is 0.809 bits per heavy atom. The normalized spacial score (nSPS) is 20.9. The Hall–Kier alpha value is -6.88. The van der Waals surface area contributed by atoms with Gasteiger partial charge in [0.25, 0.3) is 0 Å². The summed E-state index contributed by atoms with van der Waals surface area (Å²) in [6.45, 7) is 24.9. The van der Waals surface area contributed by atoms with Crippen molar-refractivity contribution >= 4 is 126 Å². The number of hydrogen-bond donors (Lipinski definition) is 3. The number of para-hydroxylation sites is 3. The van der Waals surface area contributed by atoms with E-state index in [0.717, 1.165) is 202 Å². The van der Waals surface area contributed by atoms with Gasteiger partial charge in [0.05, 0.1) is 50.1 Å². The third-order valence-corrected chi connectivity index (χ3v) is 30.0. The summed E-state index contributed by atoms with van der Waals surface area (Å²) in [5, 5.41) is 23.7. The number of hydrogen-bond acceptors (Lipinski definition) is 18. The van der Waals surface area contributed by atoms with Gasteiger partial charge in [-0.2, -0.15) is 40.5 Å². The fourth-order valence-corrected chi connectivity index (χ4v) is 18.4. The molecule has 26 heteroatoms. The van der Waals surface area contributed by atoms with Crippen LogP contribution in [-0.2, 0) is 21.4 Å². The quantitative estimate of drug-likeness (QED) is 0.0776. The molecule has 3 atom stereocenters. The number of β-amino-alcohol motifs (C(OH)–C–C–N with tert-alkyl or cyclic N) is 1. The SMILES string of the molecule is CC(C)(C)[Si](C)(C)O[C@H]1CCNC1.CO.COc1ccccc1C1CCN(c2nc(C3(F)CC3)nc3ccc(Br)cc23)CC1.COc1ccccc1C1CCN(c2nc(C3(F)CC3)nc3ccc(N4CC[C@H](C)C4)cc23)CC1.COc1ccccc1C1CCN(c2nc(C3(F)CC3)nc3ccc(N4CC[C@H](O)C4)cc23)CC1.S.S.S. The molecule has 9 aromatic rings. The van der Waals surface area contributed by atoms with Crippen LogP contribution in [0.15, 0.2) is 132 Å². The summed E-state index contributed by atoms with van der Waals surface area (Å²) in [4.78, 5) is 39.9. The molecule has 6 aliphatic heterocycles. The second kappa shape index (κ2) is 38.0. The first kappa shape index (κ1) is 88.9. The predicted molar refractivity (Wildman–Crippen MR) is 482 cm³/mol. The third-order valence-electron chi connectivity index (χ3n) is 24.9. The van der Waals surface area contributed by atoms with Gasteiger partial charge in [0, 0.05) is 111 Å². The van der Waals surface area contributed by atoms with Crippen molar-refractivity contribution in [2.75, 3.05) is 131 Å². The second-order valence-electron chi connectivity index (χ2n) is 33.8. The Kier molecular flexibility index (Phi) is 29.4. The minimum Gasteiger partial charge on any atom is -0.496 e. The highest BCUT2D eigenvalue weighted by molar-refractivity contribution is 9.10. The lowest BCUT2D eigenvalue weighted by molar-refractivity contribution is 0.198. The maximum Gasteiger partial charge on any atom is 0.192 e. The number of aliphatic hydroxyl groups excluding tert-OH is 2.